The number of benzene rings is 1. The number of halogens is 2. The van der Waals surface area contributed by atoms with Crippen molar-refractivity contribution in [2.75, 3.05) is 12.3 Å². The number of aliphatic hydroxyl groups excluding tert-OH is 2. The Morgan fingerprint density at radius 3 is 2.53 bits per heavy atom. The Morgan fingerprint density at radius 1 is 1.40 bits per heavy atom. The quantitative estimate of drug-likeness (QED) is 0.570. The molecule has 0 bridgehead atoms. The fourth-order valence-electron chi connectivity index (χ4n) is 1.19. The molecular formula is C9H12ClFN2O2. The number of nitrogens with two attached hydrogens (primary N) is 2. The molecule has 0 radical (unpaired) electrons. The number of aliphatic hydroxyl groups is 2. The molecule has 1 aromatic rings. The van der Waals surface area contributed by atoms with E-state index in [-0.39, 0.29) is 22.8 Å². The zero-order chi connectivity index (χ0) is 11.6. The summed E-state index contributed by atoms with van der Waals surface area (Å²) in [7, 11) is 0. The molecule has 0 aromatic heterocycles. The van der Waals surface area contributed by atoms with Crippen LogP contribution in [0.4, 0.5) is 10.1 Å². The summed E-state index contributed by atoms with van der Waals surface area (Å²) >= 11 is 5.62. The Hall–Kier alpha value is -0.880. The van der Waals surface area contributed by atoms with Gasteiger partial charge in [0.15, 0.2) is 0 Å². The third-order valence-corrected chi connectivity index (χ3v) is 2.36. The summed E-state index contributed by atoms with van der Waals surface area (Å²) in [5.41, 5.74) is 10.8. The van der Waals surface area contributed by atoms with Crippen LogP contribution in [0, 0.1) is 5.82 Å². The number of anilines is 1. The van der Waals surface area contributed by atoms with Gasteiger partial charge in [0.05, 0.1) is 16.8 Å². The van der Waals surface area contributed by atoms with Crippen molar-refractivity contribution < 1.29 is 14.6 Å². The van der Waals surface area contributed by atoms with Crippen molar-refractivity contribution >= 4 is 17.3 Å². The van der Waals surface area contributed by atoms with Crippen molar-refractivity contribution in [1.82, 2.24) is 0 Å². The van der Waals surface area contributed by atoms with Crippen molar-refractivity contribution in [2.45, 2.75) is 12.2 Å². The Balaban J connectivity index is 3.13. The van der Waals surface area contributed by atoms with Crippen molar-refractivity contribution in [1.29, 1.82) is 0 Å². The molecule has 0 aliphatic rings. The second kappa shape index (κ2) is 4.76. The highest BCUT2D eigenvalue weighted by Crippen LogP contribution is 2.30. The molecule has 0 amide bonds. The monoisotopic (exact) mass is 234 g/mol. The van der Waals surface area contributed by atoms with Gasteiger partial charge >= 0.3 is 0 Å². The lowest BCUT2D eigenvalue weighted by Crippen LogP contribution is -2.27. The fourth-order valence-corrected chi connectivity index (χ4v) is 1.40. The maximum absolute atomic E-state index is 13.0. The van der Waals surface area contributed by atoms with Gasteiger partial charge in [-0.25, -0.2) is 4.39 Å². The van der Waals surface area contributed by atoms with Crippen LogP contribution in [0.1, 0.15) is 11.7 Å². The van der Waals surface area contributed by atoms with Gasteiger partial charge in [0.2, 0.25) is 0 Å². The molecule has 6 N–H and O–H groups in total. The largest absolute Gasteiger partial charge is 0.397 e. The molecule has 4 nitrogen and oxygen atoms in total. The second-order valence-electron chi connectivity index (χ2n) is 3.14. The summed E-state index contributed by atoms with van der Waals surface area (Å²) in [6.07, 6.45) is -2.55. The van der Waals surface area contributed by atoms with Crippen LogP contribution in [0.3, 0.4) is 0 Å². The predicted octanol–water partition coefficient (Wildman–Crippen LogP) is 0.414. The van der Waals surface area contributed by atoms with Gasteiger partial charge in [0.1, 0.15) is 11.9 Å². The lowest BCUT2D eigenvalue weighted by molar-refractivity contribution is 0.0246. The summed E-state index contributed by atoms with van der Waals surface area (Å²) in [4.78, 5) is 0. The summed E-state index contributed by atoms with van der Waals surface area (Å²) in [5.74, 6) is -0.632. The molecule has 0 fully saturated rings. The van der Waals surface area contributed by atoms with Crippen LogP contribution in [-0.4, -0.2) is 22.9 Å². The summed E-state index contributed by atoms with van der Waals surface area (Å²) in [5, 5.41) is 18.9. The Morgan fingerprint density at radius 2 is 2.00 bits per heavy atom. The van der Waals surface area contributed by atoms with Gasteiger partial charge in [-0.15, -0.1) is 0 Å². The first kappa shape index (κ1) is 12.2. The lowest BCUT2D eigenvalue weighted by Gasteiger charge is -2.18. The van der Waals surface area contributed by atoms with E-state index < -0.39 is 18.0 Å². The highest BCUT2D eigenvalue weighted by atomic mass is 35.5. The van der Waals surface area contributed by atoms with Crippen LogP contribution < -0.4 is 11.5 Å². The molecule has 15 heavy (non-hydrogen) atoms. The van der Waals surface area contributed by atoms with Gasteiger partial charge in [-0.3, -0.25) is 0 Å². The van der Waals surface area contributed by atoms with Gasteiger partial charge in [-0.05, 0) is 12.1 Å². The van der Waals surface area contributed by atoms with Gasteiger partial charge in [-0.1, -0.05) is 11.6 Å². The molecule has 2 atom stereocenters. The van der Waals surface area contributed by atoms with Gasteiger partial charge < -0.3 is 21.7 Å². The molecule has 6 heteroatoms. The molecule has 1 aromatic carbocycles. The first-order chi connectivity index (χ1) is 6.97. The van der Waals surface area contributed by atoms with E-state index in [0.717, 1.165) is 12.1 Å². The maximum Gasteiger partial charge on any atom is 0.125 e. The van der Waals surface area contributed by atoms with Crippen LogP contribution in [0.5, 0.6) is 0 Å². The number of hydrogen-bond donors (Lipinski definition) is 4. The van der Waals surface area contributed by atoms with E-state index in [1.165, 1.54) is 0 Å². The molecule has 0 aliphatic carbocycles. The van der Waals surface area contributed by atoms with Crippen LogP contribution in [-0.2, 0) is 0 Å². The fraction of sp³-hybridized carbons (Fsp3) is 0.333. The molecule has 84 valence electrons. The number of nitrogen functional groups attached to an aromatic ring is 1. The predicted molar refractivity (Wildman–Crippen MR) is 55.8 cm³/mol. The van der Waals surface area contributed by atoms with Crippen molar-refractivity contribution in [3.8, 4) is 0 Å². The van der Waals surface area contributed by atoms with E-state index in [0.29, 0.717) is 0 Å². The van der Waals surface area contributed by atoms with Gasteiger partial charge in [-0.2, -0.15) is 0 Å². The van der Waals surface area contributed by atoms with Crippen molar-refractivity contribution in [2.24, 2.45) is 5.73 Å². The average Bonchev–Trinajstić information content (AvgIpc) is 2.21. The Labute approximate surface area is 91.3 Å². The smallest absolute Gasteiger partial charge is 0.125 e. The van der Waals surface area contributed by atoms with Crippen molar-refractivity contribution in [3.05, 3.63) is 28.5 Å². The minimum Gasteiger partial charge on any atom is -0.397 e. The van der Waals surface area contributed by atoms with Crippen LogP contribution >= 0.6 is 11.6 Å². The molecule has 0 saturated heterocycles. The second-order valence-corrected chi connectivity index (χ2v) is 3.55. The third kappa shape index (κ3) is 2.57. The van der Waals surface area contributed by atoms with Crippen LogP contribution in [0.15, 0.2) is 12.1 Å². The summed E-state index contributed by atoms with van der Waals surface area (Å²) in [6.45, 7) is -0.158. The average molecular weight is 235 g/mol. The van der Waals surface area contributed by atoms with Crippen molar-refractivity contribution in [3.63, 3.8) is 0 Å². The molecule has 2 unspecified atom stereocenters. The van der Waals surface area contributed by atoms with Gasteiger partial charge in [0, 0.05) is 12.1 Å². The standard InChI is InChI=1S/C9H12ClFN2O2/c10-6-2-4(11)1-5(8(6)13)9(15)7(14)3-12/h1-2,7,9,14-15H,3,12-13H2. The topological polar surface area (TPSA) is 92.5 Å². The SMILES string of the molecule is NCC(O)C(O)c1cc(F)cc(Cl)c1N. The molecule has 0 heterocycles. The zero-order valence-electron chi connectivity index (χ0n) is 7.82. The van der Waals surface area contributed by atoms with E-state index in [1.54, 1.807) is 0 Å². The van der Waals surface area contributed by atoms with E-state index in [4.69, 9.17) is 23.1 Å². The van der Waals surface area contributed by atoms with E-state index in [1.807, 2.05) is 0 Å². The molecule has 0 aliphatic heterocycles. The zero-order valence-corrected chi connectivity index (χ0v) is 8.58. The summed E-state index contributed by atoms with van der Waals surface area (Å²) in [6, 6.07) is 2.05. The number of hydrogen-bond acceptors (Lipinski definition) is 4. The molecule has 0 spiro atoms. The summed E-state index contributed by atoms with van der Waals surface area (Å²) < 4.78 is 13.0. The Bertz CT molecular complexity index is 362. The highest BCUT2D eigenvalue weighted by molar-refractivity contribution is 6.33. The van der Waals surface area contributed by atoms with Gasteiger partial charge in [0.25, 0.3) is 0 Å². The van der Waals surface area contributed by atoms with E-state index in [2.05, 4.69) is 0 Å². The highest BCUT2D eigenvalue weighted by Gasteiger charge is 2.21. The first-order valence-electron chi connectivity index (χ1n) is 4.28. The molecule has 0 saturated carbocycles. The third-order valence-electron chi connectivity index (χ3n) is 2.05. The minimum absolute atomic E-state index is 0.00623. The Kier molecular flexibility index (Phi) is 3.87. The first-order valence-corrected chi connectivity index (χ1v) is 4.65. The lowest BCUT2D eigenvalue weighted by atomic mass is 10.0. The maximum atomic E-state index is 13.0. The van der Waals surface area contributed by atoms with E-state index in [9.17, 15) is 14.6 Å². The normalized spacial score (nSPS) is 15.0. The number of rotatable bonds is 3. The van der Waals surface area contributed by atoms with Crippen LogP contribution in [0.2, 0.25) is 5.02 Å². The molecular weight excluding hydrogens is 223 g/mol. The molecule has 1 rings (SSSR count). The van der Waals surface area contributed by atoms with E-state index >= 15 is 0 Å². The minimum atomic E-state index is -1.34. The van der Waals surface area contributed by atoms with Crippen LogP contribution in [0.25, 0.3) is 0 Å².